The lowest BCUT2D eigenvalue weighted by atomic mass is 10.1. The largest absolute Gasteiger partial charge is 0.451 e. The Morgan fingerprint density at radius 1 is 1.04 bits per heavy atom. The number of carbonyl (C=O) groups excluding carboxylic acids is 3. The van der Waals surface area contributed by atoms with Crippen LogP contribution in [0.1, 0.15) is 27.0 Å². The molecule has 3 rings (SSSR count). The molecule has 0 bridgehead atoms. The van der Waals surface area contributed by atoms with Gasteiger partial charge in [0.1, 0.15) is 4.88 Å². The van der Waals surface area contributed by atoms with Gasteiger partial charge in [-0.3, -0.25) is 9.59 Å². The number of carbonyl (C=O) groups is 3. The van der Waals surface area contributed by atoms with Crippen LogP contribution < -0.4 is 5.32 Å². The zero-order valence-corrected chi connectivity index (χ0v) is 14.3. The molecule has 1 heterocycles. The second kappa shape index (κ2) is 7.27. The van der Waals surface area contributed by atoms with Crippen LogP contribution in [0.25, 0.3) is 10.1 Å². The molecule has 3 aromatic rings. The topological polar surface area (TPSA) is 72.5 Å². The number of ether oxygens (including phenoxy) is 1. The van der Waals surface area contributed by atoms with Gasteiger partial charge in [-0.15, -0.1) is 11.3 Å². The number of hydrogen-bond acceptors (Lipinski definition) is 5. The molecule has 5 nitrogen and oxygen atoms in total. The minimum absolute atomic E-state index is 0.154. The Morgan fingerprint density at radius 3 is 2.52 bits per heavy atom. The molecule has 0 saturated carbocycles. The number of ketones is 1. The average Bonchev–Trinajstić information content (AvgIpc) is 3.04. The van der Waals surface area contributed by atoms with E-state index in [1.165, 1.54) is 18.3 Å². The van der Waals surface area contributed by atoms with Crippen LogP contribution in [0.4, 0.5) is 5.69 Å². The highest BCUT2D eigenvalue weighted by molar-refractivity contribution is 7.20. The molecule has 0 saturated heterocycles. The van der Waals surface area contributed by atoms with Crippen molar-refractivity contribution in [2.45, 2.75) is 6.92 Å². The van der Waals surface area contributed by atoms with Crippen LogP contribution in [-0.4, -0.2) is 24.3 Å². The number of esters is 1. The van der Waals surface area contributed by atoms with Crippen LogP contribution in [0.2, 0.25) is 0 Å². The van der Waals surface area contributed by atoms with Crippen molar-refractivity contribution >= 4 is 44.8 Å². The quantitative estimate of drug-likeness (QED) is 0.558. The van der Waals surface area contributed by atoms with Gasteiger partial charge in [-0.25, -0.2) is 4.79 Å². The first-order valence-electron chi connectivity index (χ1n) is 7.60. The molecule has 2 aromatic carbocycles. The van der Waals surface area contributed by atoms with Gasteiger partial charge in [0.15, 0.2) is 12.4 Å². The summed E-state index contributed by atoms with van der Waals surface area (Å²) < 4.78 is 6.05. The summed E-state index contributed by atoms with van der Waals surface area (Å²) in [6.07, 6.45) is 0. The highest BCUT2D eigenvalue weighted by Gasteiger charge is 2.15. The minimum atomic E-state index is -0.545. The molecule has 1 N–H and O–H groups in total. The normalized spacial score (nSPS) is 10.4. The lowest BCUT2D eigenvalue weighted by Crippen LogP contribution is -2.21. The van der Waals surface area contributed by atoms with E-state index in [4.69, 9.17) is 4.74 Å². The summed E-state index contributed by atoms with van der Waals surface area (Å²) in [4.78, 5) is 36.1. The van der Waals surface area contributed by atoms with Crippen molar-refractivity contribution in [3.8, 4) is 0 Å². The minimum Gasteiger partial charge on any atom is -0.451 e. The summed E-state index contributed by atoms with van der Waals surface area (Å²) in [5.41, 5.74) is 0.810. The first-order chi connectivity index (χ1) is 12.0. The van der Waals surface area contributed by atoms with Crippen molar-refractivity contribution in [3.05, 3.63) is 65.0 Å². The number of rotatable bonds is 5. The van der Waals surface area contributed by atoms with Gasteiger partial charge >= 0.3 is 5.97 Å². The number of Topliss-reactive ketones (excluding diaryl/α,β-unsaturated/α-hetero) is 1. The van der Waals surface area contributed by atoms with E-state index >= 15 is 0 Å². The Hall–Kier alpha value is -2.99. The third kappa shape index (κ3) is 3.92. The van der Waals surface area contributed by atoms with E-state index in [1.807, 2.05) is 24.3 Å². The van der Waals surface area contributed by atoms with Crippen LogP contribution in [0.5, 0.6) is 0 Å². The predicted molar refractivity (Wildman–Crippen MR) is 97.2 cm³/mol. The molecule has 0 radical (unpaired) electrons. The van der Waals surface area contributed by atoms with Crippen LogP contribution in [0.3, 0.4) is 0 Å². The summed E-state index contributed by atoms with van der Waals surface area (Å²) in [7, 11) is 0. The van der Waals surface area contributed by atoms with Gasteiger partial charge in [0.2, 0.25) is 0 Å². The molecule has 0 aliphatic heterocycles. The third-order valence-corrected chi connectivity index (χ3v) is 4.64. The van der Waals surface area contributed by atoms with Gasteiger partial charge in [0.25, 0.3) is 5.91 Å². The number of benzene rings is 2. The van der Waals surface area contributed by atoms with E-state index < -0.39 is 18.5 Å². The molecule has 0 atom stereocenters. The Balaban J connectivity index is 1.62. The van der Waals surface area contributed by atoms with E-state index in [2.05, 4.69) is 5.32 Å². The Morgan fingerprint density at radius 2 is 1.76 bits per heavy atom. The van der Waals surface area contributed by atoms with Gasteiger partial charge < -0.3 is 10.1 Å². The Bertz CT molecular complexity index is 928. The average molecular weight is 353 g/mol. The number of amides is 1. The predicted octanol–water partition coefficient (Wildman–Crippen LogP) is 3.90. The summed E-state index contributed by atoms with van der Waals surface area (Å²) in [6.45, 7) is 1.01. The van der Waals surface area contributed by atoms with E-state index in [-0.39, 0.29) is 5.78 Å². The summed E-state index contributed by atoms with van der Waals surface area (Å²) >= 11 is 1.32. The van der Waals surface area contributed by atoms with E-state index in [9.17, 15) is 14.4 Å². The SMILES string of the molecule is CC(=O)c1ccccc1NC(=O)COC(=O)c1cc2ccccc2s1. The first kappa shape index (κ1) is 16.9. The number of hydrogen-bond donors (Lipinski definition) is 1. The fraction of sp³-hybridized carbons (Fsp3) is 0.105. The Kier molecular flexibility index (Phi) is 4.90. The van der Waals surface area contributed by atoms with Crippen molar-refractivity contribution < 1.29 is 19.1 Å². The Labute approximate surface area is 148 Å². The number of nitrogens with one attached hydrogen (secondary N) is 1. The molecule has 126 valence electrons. The molecule has 25 heavy (non-hydrogen) atoms. The number of anilines is 1. The lowest BCUT2D eigenvalue weighted by Gasteiger charge is -2.09. The van der Waals surface area contributed by atoms with Crippen LogP contribution >= 0.6 is 11.3 Å². The molecule has 0 aliphatic carbocycles. The molecule has 0 aliphatic rings. The fourth-order valence-corrected chi connectivity index (χ4v) is 3.33. The molecular formula is C19H15NO4S. The van der Waals surface area contributed by atoms with Crippen molar-refractivity contribution in [1.29, 1.82) is 0 Å². The fourth-order valence-electron chi connectivity index (χ4n) is 2.37. The van der Waals surface area contributed by atoms with Crippen molar-refractivity contribution in [1.82, 2.24) is 0 Å². The van der Waals surface area contributed by atoms with Crippen LogP contribution in [0.15, 0.2) is 54.6 Å². The standard InChI is InChI=1S/C19H15NO4S/c1-12(21)14-7-3-4-8-15(14)20-18(22)11-24-19(23)17-10-13-6-2-5-9-16(13)25-17/h2-10H,11H2,1H3,(H,20,22). The van der Waals surface area contributed by atoms with Gasteiger partial charge in [0.05, 0.1) is 5.69 Å². The van der Waals surface area contributed by atoms with Crippen molar-refractivity contribution in [2.75, 3.05) is 11.9 Å². The zero-order valence-electron chi connectivity index (χ0n) is 13.4. The molecule has 0 spiro atoms. The maximum atomic E-state index is 12.1. The molecule has 6 heteroatoms. The molecule has 0 fully saturated rings. The second-order valence-electron chi connectivity index (χ2n) is 5.37. The van der Waals surface area contributed by atoms with Crippen molar-refractivity contribution in [3.63, 3.8) is 0 Å². The van der Waals surface area contributed by atoms with Crippen LogP contribution in [-0.2, 0) is 9.53 Å². The second-order valence-corrected chi connectivity index (χ2v) is 6.46. The summed E-state index contributed by atoms with van der Waals surface area (Å²) in [5, 5.41) is 3.55. The third-order valence-electron chi connectivity index (χ3n) is 3.54. The molecule has 0 unspecified atom stereocenters. The van der Waals surface area contributed by atoms with E-state index in [0.29, 0.717) is 16.1 Å². The van der Waals surface area contributed by atoms with Crippen LogP contribution in [0, 0.1) is 0 Å². The molecule has 1 amide bonds. The monoisotopic (exact) mass is 353 g/mol. The number of para-hydroxylation sites is 1. The molecular weight excluding hydrogens is 338 g/mol. The molecule has 1 aromatic heterocycles. The maximum Gasteiger partial charge on any atom is 0.348 e. The van der Waals surface area contributed by atoms with E-state index in [1.54, 1.807) is 30.3 Å². The van der Waals surface area contributed by atoms with Gasteiger partial charge in [-0.05, 0) is 36.6 Å². The highest BCUT2D eigenvalue weighted by atomic mass is 32.1. The van der Waals surface area contributed by atoms with Gasteiger partial charge in [-0.2, -0.15) is 0 Å². The van der Waals surface area contributed by atoms with E-state index in [0.717, 1.165) is 10.1 Å². The smallest absolute Gasteiger partial charge is 0.348 e. The summed E-state index contributed by atoms with van der Waals surface area (Å²) in [6, 6.07) is 16.0. The first-order valence-corrected chi connectivity index (χ1v) is 8.42. The lowest BCUT2D eigenvalue weighted by molar-refractivity contribution is -0.119. The van der Waals surface area contributed by atoms with Gasteiger partial charge in [0, 0.05) is 10.3 Å². The van der Waals surface area contributed by atoms with Gasteiger partial charge in [-0.1, -0.05) is 30.3 Å². The number of thiophene rings is 1. The maximum absolute atomic E-state index is 12.1. The number of fused-ring (bicyclic) bond motifs is 1. The summed E-state index contributed by atoms with van der Waals surface area (Å²) in [5.74, 6) is -1.20. The van der Waals surface area contributed by atoms with Crippen molar-refractivity contribution in [2.24, 2.45) is 0 Å². The highest BCUT2D eigenvalue weighted by Crippen LogP contribution is 2.25. The zero-order chi connectivity index (χ0) is 17.8.